The van der Waals surface area contributed by atoms with Crippen LogP contribution in [0.15, 0.2) is 48.5 Å². The lowest BCUT2D eigenvalue weighted by Crippen LogP contribution is -2.30. The molecule has 0 unspecified atom stereocenters. The number of halogens is 1. The van der Waals surface area contributed by atoms with E-state index in [-0.39, 0.29) is 12.5 Å². The van der Waals surface area contributed by atoms with Gasteiger partial charge in [0.05, 0.1) is 18.8 Å². The van der Waals surface area contributed by atoms with Gasteiger partial charge in [-0.2, -0.15) is 0 Å². The largest absolute Gasteiger partial charge is 0.494 e. The summed E-state index contributed by atoms with van der Waals surface area (Å²) in [5.41, 5.74) is 0.454. The van der Waals surface area contributed by atoms with Crippen LogP contribution in [0, 0.1) is 5.92 Å². The number of benzene rings is 2. The maximum Gasteiger partial charge on any atom is 0.343 e. The Bertz CT molecular complexity index is 967. The fraction of sp³-hybridized carbons (Fsp3) is 0.548. The summed E-state index contributed by atoms with van der Waals surface area (Å²) in [7, 11) is 0. The first-order valence-electron chi connectivity index (χ1n) is 14.0. The zero-order valence-electron chi connectivity index (χ0n) is 22.7. The number of ether oxygens (including phenoxy) is 4. The second-order valence-corrected chi connectivity index (χ2v) is 9.94. The number of hydrogen-bond donors (Lipinski definition) is 0. The average molecular weight is 529 g/mol. The molecule has 2 aromatic rings. The van der Waals surface area contributed by atoms with Gasteiger partial charge in [0.25, 0.3) is 0 Å². The summed E-state index contributed by atoms with van der Waals surface area (Å²) in [6.45, 7) is 5.34. The molecular weight excluding hydrogens is 487 g/mol. The first-order valence-corrected chi connectivity index (χ1v) is 14.0. The number of carbonyl (C=O) groups is 2. The molecule has 1 atom stereocenters. The van der Waals surface area contributed by atoms with Gasteiger partial charge in [-0.25, -0.2) is 14.0 Å². The van der Waals surface area contributed by atoms with Crippen molar-refractivity contribution in [2.75, 3.05) is 13.2 Å². The third-order valence-electron chi connectivity index (χ3n) is 6.77. The monoisotopic (exact) mass is 528 g/mol. The summed E-state index contributed by atoms with van der Waals surface area (Å²) in [5, 5.41) is 0. The van der Waals surface area contributed by atoms with E-state index in [1.807, 2.05) is 6.92 Å². The highest BCUT2D eigenvalue weighted by molar-refractivity contribution is 5.91. The van der Waals surface area contributed by atoms with Crippen LogP contribution in [0.4, 0.5) is 4.39 Å². The molecule has 7 heteroatoms. The van der Waals surface area contributed by atoms with Crippen molar-refractivity contribution < 1.29 is 32.9 Å². The van der Waals surface area contributed by atoms with Gasteiger partial charge in [0.2, 0.25) is 0 Å². The van der Waals surface area contributed by atoms with E-state index in [0.29, 0.717) is 42.6 Å². The molecule has 0 heterocycles. The molecule has 3 rings (SSSR count). The zero-order chi connectivity index (χ0) is 27.2. The first-order chi connectivity index (χ1) is 18.5. The van der Waals surface area contributed by atoms with Crippen LogP contribution in [-0.2, 0) is 9.53 Å². The normalized spacial score (nSPS) is 17.9. The summed E-state index contributed by atoms with van der Waals surface area (Å²) in [5.74, 6) is 1.07. The van der Waals surface area contributed by atoms with Crippen LogP contribution in [0.25, 0.3) is 0 Å². The zero-order valence-corrected chi connectivity index (χ0v) is 22.7. The van der Waals surface area contributed by atoms with Gasteiger partial charge in [0, 0.05) is 0 Å². The van der Waals surface area contributed by atoms with Crippen LogP contribution in [-0.4, -0.2) is 37.4 Å². The van der Waals surface area contributed by atoms with Crippen LogP contribution < -0.4 is 14.2 Å². The predicted molar refractivity (Wildman–Crippen MR) is 145 cm³/mol. The Hall–Kier alpha value is -3.09. The quantitative estimate of drug-likeness (QED) is 0.136. The Morgan fingerprint density at radius 1 is 0.816 bits per heavy atom. The lowest BCUT2D eigenvalue weighted by molar-refractivity contribution is -0.157. The lowest BCUT2D eigenvalue weighted by Gasteiger charge is -2.28. The fourth-order valence-electron chi connectivity index (χ4n) is 4.37. The highest BCUT2D eigenvalue weighted by Crippen LogP contribution is 2.28. The highest BCUT2D eigenvalue weighted by atomic mass is 19.1. The molecule has 0 aromatic heterocycles. The van der Waals surface area contributed by atoms with E-state index in [9.17, 15) is 14.0 Å². The third-order valence-corrected chi connectivity index (χ3v) is 6.77. The van der Waals surface area contributed by atoms with E-state index in [2.05, 4.69) is 6.92 Å². The summed E-state index contributed by atoms with van der Waals surface area (Å²) in [4.78, 5) is 24.4. The second kappa shape index (κ2) is 16.0. The average Bonchev–Trinajstić information content (AvgIpc) is 2.94. The molecule has 1 aliphatic rings. The number of esters is 2. The molecule has 0 N–H and O–H groups in total. The maximum atomic E-state index is 13.9. The van der Waals surface area contributed by atoms with Crippen LogP contribution in [0.3, 0.4) is 0 Å². The molecule has 0 aliphatic heterocycles. The van der Waals surface area contributed by atoms with Crippen molar-refractivity contribution in [3.05, 3.63) is 54.1 Å². The van der Waals surface area contributed by atoms with Crippen molar-refractivity contribution in [1.29, 1.82) is 0 Å². The molecule has 38 heavy (non-hydrogen) atoms. The molecular formula is C31H41FO6. The molecule has 1 aliphatic carbocycles. The molecule has 0 bridgehead atoms. The Kier molecular flexibility index (Phi) is 12.4. The molecule has 1 fully saturated rings. The summed E-state index contributed by atoms with van der Waals surface area (Å²) >= 11 is 0. The number of hydrogen-bond acceptors (Lipinski definition) is 6. The number of alkyl halides is 1. The van der Waals surface area contributed by atoms with Gasteiger partial charge >= 0.3 is 11.9 Å². The summed E-state index contributed by atoms with van der Waals surface area (Å²) in [6, 6.07) is 13.9. The molecule has 1 saturated carbocycles. The Labute approximate surface area is 225 Å². The molecule has 0 amide bonds. The highest BCUT2D eigenvalue weighted by Gasteiger charge is 2.27. The summed E-state index contributed by atoms with van der Waals surface area (Å²) in [6.07, 6.45) is 6.52. The van der Waals surface area contributed by atoms with Crippen molar-refractivity contribution in [2.45, 2.75) is 90.3 Å². The van der Waals surface area contributed by atoms with Crippen LogP contribution in [0.5, 0.6) is 17.2 Å². The van der Waals surface area contributed by atoms with Crippen molar-refractivity contribution >= 4 is 11.9 Å². The van der Waals surface area contributed by atoms with Gasteiger partial charge in [-0.15, -0.1) is 0 Å². The minimum atomic E-state index is -1.52. The molecule has 0 spiro atoms. The first kappa shape index (κ1) is 29.5. The van der Waals surface area contributed by atoms with E-state index in [4.69, 9.17) is 18.9 Å². The van der Waals surface area contributed by atoms with Crippen molar-refractivity contribution in [3.63, 3.8) is 0 Å². The van der Waals surface area contributed by atoms with E-state index in [1.165, 1.54) is 0 Å². The van der Waals surface area contributed by atoms with Crippen LogP contribution in [0.2, 0.25) is 0 Å². The SMILES string of the molecule is CCCCCOc1ccc(C(=O)Oc2ccc(OC[C@H]3CC[C@H](OC(=O)[C@@H](F)CCCC)CC3)cc2)cc1. The maximum absolute atomic E-state index is 13.9. The van der Waals surface area contributed by atoms with Gasteiger partial charge in [-0.05, 0) is 93.0 Å². The molecule has 2 aromatic carbocycles. The van der Waals surface area contributed by atoms with E-state index in [0.717, 1.165) is 57.1 Å². The Morgan fingerprint density at radius 3 is 2.08 bits per heavy atom. The Morgan fingerprint density at radius 2 is 1.42 bits per heavy atom. The standard InChI is InChI=1S/C31H41FO6/c1-3-5-7-21-35-25-15-11-24(12-16-25)30(33)37-28-19-17-26(18-20-28)36-22-23-9-13-27(14-10-23)38-31(34)29(32)8-6-4-2/h11-12,15-20,23,27,29H,3-10,13-14,21-22H2,1-2H3/t23-,27-,29-/m0/s1. The van der Waals surface area contributed by atoms with E-state index < -0.39 is 18.1 Å². The van der Waals surface area contributed by atoms with Crippen molar-refractivity contribution in [3.8, 4) is 17.2 Å². The van der Waals surface area contributed by atoms with Crippen LogP contribution >= 0.6 is 0 Å². The third kappa shape index (κ3) is 9.99. The molecule has 6 nitrogen and oxygen atoms in total. The van der Waals surface area contributed by atoms with E-state index >= 15 is 0 Å². The Balaban J connectivity index is 1.35. The number of rotatable bonds is 15. The second-order valence-electron chi connectivity index (χ2n) is 9.94. The van der Waals surface area contributed by atoms with Gasteiger partial charge in [-0.1, -0.05) is 39.5 Å². The van der Waals surface area contributed by atoms with Gasteiger partial charge < -0.3 is 18.9 Å². The minimum Gasteiger partial charge on any atom is -0.494 e. The van der Waals surface area contributed by atoms with Gasteiger partial charge in [0.1, 0.15) is 23.4 Å². The molecule has 0 saturated heterocycles. The summed E-state index contributed by atoms with van der Waals surface area (Å²) < 4.78 is 36.3. The smallest absolute Gasteiger partial charge is 0.343 e. The van der Waals surface area contributed by atoms with Crippen molar-refractivity contribution in [2.24, 2.45) is 5.92 Å². The molecule has 0 radical (unpaired) electrons. The van der Waals surface area contributed by atoms with Gasteiger partial charge in [0.15, 0.2) is 6.17 Å². The predicted octanol–water partition coefficient (Wildman–Crippen LogP) is 7.48. The fourth-order valence-corrected chi connectivity index (χ4v) is 4.37. The van der Waals surface area contributed by atoms with E-state index in [1.54, 1.807) is 48.5 Å². The number of unbranched alkanes of at least 4 members (excludes halogenated alkanes) is 3. The minimum absolute atomic E-state index is 0.206. The number of carbonyl (C=O) groups excluding carboxylic acids is 2. The van der Waals surface area contributed by atoms with Crippen LogP contribution in [0.1, 0.15) is 88.4 Å². The van der Waals surface area contributed by atoms with Crippen molar-refractivity contribution in [1.82, 2.24) is 0 Å². The lowest BCUT2D eigenvalue weighted by atomic mass is 9.88. The topological polar surface area (TPSA) is 71.1 Å². The van der Waals surface area contributed by atoms with Gasteiger partial charge in [-0.3, -0.25) is 0 Å². The molecule has 208 valence electrons.